The molecule has 3 atom stereocenters. The number of likely N-dealkylation sites (tertiary alicyclic amines) is 3. The fourth-order valence-corrected chi connectivity index (χ4v) is 18.8. The molecule has 0 unspecified atom stereocenters. The molecule has 3 spiro atoms. The number of hydrogen-bond donors (Lipinski definition) is 2. The van der Waals surface area contributed by atoms with Crippen LogP contribution in [0.5, 0.6) is 17.6 Å². The number of rotatable bonds is 21. The first-order valence-corrected chi connectivity index (χ1v) is 47.9. The minimum absolute atomic E-state index is 0.0805. The third-order valence-electron chi connectivity index (χ3n) is 27.2. The average Bonchev–Trinajstić information content (AvgIpc) is 1.60. The molecule has 9 fully saturated rings. The van der Waals surface area contributed by atoms with E-state index in [0.29, 0.717) is 142 Å². The number of piperidine rings is 3. The van der Waals surface area contributed by atoms with Gasteiger partial charge < -0.3 is 53.2 Å². The van der Waals surface area contributed by atoms with Gasteiger partial charge in [0.2, 0.25) is 17.6 Å². The summed E-state index contributed by atoms with van der Waals surface area (Å²) in [6.45, 7) is 22.2. The van der Waals surface area contributed by atoms with Crippen molar-refractivity contribution in [2.45, 2.75) is 233 Å². The number of nitrogens with zero attached hydrogens (tertiary/aromatic N) is 12. The average molecular weight is 1860 g/mol. The number of Topliss-reactive ketones (excluding diaryl/α,β-unsaturated/α-hetero) is 3. The van der Waals surface area contributed by atoms with Crippen LogP contribution in [0, 0.1) is 34.0 Å². The van der Waals surface area contributed by atoms with Crippen molar-refractivity contribution in [1.29, 1.82) is 0 Å². The second-order valence-electron chi connectivity index (χ2n) is 41.1. The summed E-state index contributed by atoms with van der Waals surface area (Å²) in [6, 6.07) is 41.3. The van der Waals surface area contributed by atoms with Crippen LogP contribution in [0.3, 0.4) is 0 Å². The van der Waals surface area contributed by atoms with Crippen molar-refractivity contribution in [2.75, 3.05) is 39.3 Å². The molecule has 3 saturated heterocycles. The van der Waals surface area contributed by atoms with E-state index in [0.717, 1.165) is 153 Å². The molecule has 6 aliphatic carbocycles. The predicted molar refractivity (Wildman–Crippen MR) is 509 cm³/mol. The zero-order valence-corrected chi connectivity index (χ0v) is 78.8. The zero-order valence-electron chi connectivity index (χ0n) is 77.3. The highest BCUT2D eigenvalue weighted by Crippen LogP contribution is 2.57. The summed E-state index contributed by atoms with van der Waals surface area (Å²) in [5.74, 6) is 3.57. The van der Waals surface area contributed by atoms with E-state index in [-0.39, 0.29) is 70.2 Å². The van der Waals surface area contributed by atoms with Crippen molar-refractivity contribution in [2.24, 2.45) is 49.0 Å². The van der Waals surface area contributed by atoms with Crippen LogP contribution in [0.25, 0.3) is 22.3 Å². The first kappa shape index (κ1) is 91.7. The van der Waals surface area contributed by atoms with Gasteiger partial charge in [-0.3, -0.25) is 44.3 Å². The Bertz CT molecular complexity index is 5830. The molecule has 3 amide bonds. The predicted octanol–water partition coefficient (Wildman–Crippen LogP) is 18.4. The molecule has 12 aliphatic rings. The molecule has 133 heavy (non-hydrogen) atoms. The van der Waals surface area contributed by atoms with Gasteiger partial charge in [-0.25, -0.2) is 29.3 Å². The van der Waals surface area contributed by atoms with E-state index in [2.05, 4.69) is 84.4 Å². The molecule has 3 aromatic heterocycles. The molecular weight excluding hydrogens is 1740 g/mol. The Labute approximate surface area is 785 Å². The van der Waals surface area contributed by atoms with Gasteiger partial charge in [-0.05, 0) is 257 Å². The highest BCUT2D eigenvalue weighted by Gasteiger charge is 2.57. The maximum atomic E-state index is 12.8. The molecule has 6 saturated carbocycles. The standard InChI is InChI=1S/2C35H38N4O4.C24H27BrN4O3.C11H13BO3/c2*1-34(2,3)43-33(41)39-14-13-35(11-12-35)30(21-39)42-31-20-36-19-28(38-31)32-27-17-24(9-10-26(27)18-37-32)23-5-4-6-25(16-23)29(40)15-22-7-8-22;1-23(2,3)32-22(30)29-9-8-24(6-7-24)19(14-29)31-20-13-26-12-18(28-20)21-17-10-16(25)5-4-15(17)11-27-21;13-11(6-8-4-5-8)9-2-1-3-10(7-9)12(14)15/h2*4-6,9-10,16-17,19-20,22,30H,7-8,11-15,18,21H2,1-3H3;4-5,10,12-13,19H,6-9,11,14H2,1-3H3;1-3,7-8,14-15H,4-6H2/t2*30-;19-;/m000./s1. The Morgan fingerprint density at radius 3 is 1.03 bits per heavy atom. The molecule has 0 bridgehead atoms. The number of carbonyl (C=O) groups excluding carboxylic acids is 6. The van der Waals surface area contributed by atoms with E-state index in [1.807, 2.05) is 117 Å². The van der Waals surface area contributed by atoms with E-state index >= 15 is 0 Å². The molecular formula is C105H116BBrN12O14. The van der Waals surface area contributed by atoms with Crippen molar-refractivity contribution >= 4 is 81.3 Å². The summed E-state index contributed by atoms with van der Waals surface area (Å²) in [7, 11) is -1.50. The number of aromatic nitrogens is 6. The molecule has 690 valence electrons. The number of carbonyl (C=O) groups is 6. The van der Waals surface area contributed by atoms with Crippen LogP contribution in [0.15, 0.2) is 184 Å². The summed E-state index contributed by atoms with van der Waals surface area (Å²) in [5.41, 5.74) is 16.2. The minimum Gasteiger partial charge on any atom is -0.471 e. The van der Waals surface area contributed by atoms with Gasteiger partial charge in [0.15, 0.2) is 17.3 Å². The van der Waals surface area contributed by atoms with Gasteiger partial charge >= 0.3 is 25.4 Å². The Balaban J connectivity index is 0.000000125. The van der Waals surface area contributed by atoms with Gasteiger partial charge in [0, 0.05) is 93.0 Å². The van der Waals surface area contributed by atoms with Crippen LogP contribution in [0.4, 0.5) is 14.4 Å². The number of ketones is 3. The first-order valence-electron chi connectivity index (χ1n) is 47.1. The summed E-state index contributed by atoms with van der Waals surface area (Å²) in [6.07, 6.45) is 26.8. The van der Waals surface area contributed by atoms with Crippen molar-refractivity contribution < 1.29 is 67.2 Å². The molecule has 21 rings (SSSR count). The number of aliphatic imine (C=N–C) groups is 3. The van der Waals surface area contributed by atoms with Crippen LogP contribution in [-0.4, -0.2) is 189 Å². The van der Waals surface area contributed by atoms with Crippen LogP contribution in [-0.2, 0) is 33.8 Å². The highest BCUT2D eigenvalue weighted by molar-refractivity contribution is 9.10. The first-order chi connectivity index (χ1) is 63.7. The van der Waals surface area contributed by atoms with E-state index in [1.54, 1.807) is 76.1 Å². The fraction of sp³-hybridized carbons (Fsp3) is 0.457. The Morgan fingerprint density at radius 1 is 0.391 bits per heavy atom. The van der Waals surface area contributed by atoms with Gasteiger partial charge in [0.1, 0.15) is 52.2 Å². The van der Waals surface area contributed by atoms with E-state index in [9.17, 15) is 28.8 Å². The van der Waals surface area contributed by atoms with Crippen molar-refractivity contribution in [3.8, 4) is 39.9 Å². The molecule has 28 heteroatoms. The fourth-order valence-electron chi connectivity index (χ4n) is 18.4. The Morgan fingerprint density at radius 2 is 0.707 bits per heavy atom. The van der Waals surface area contributed by atoms with Crippen LogP contribution in [0.2, 0.25) is 0 Å². The van der Waals surface area contributed by atoms with Crippen molar-refractivity contribution in [3.63, 3.8) is 0 Å². The lowest BCUT2D eigenvalue weighted by Gasteiger charge is -2.39. The normalized spacial score (nSPS) is 20.0. The molecule has 9 heterocycles. The largest absolute Gasteiger partial charge is 0.488 e. The lowest BCUT2D eigenvalue weighted by Crippen LogP contribution is -2.51. The number of amides is 3. The van der Waals surface area contributed by atoms with Gasteiger partial charge in [-0.2, -0.15) is 0 Å². The van der Waals surface area contributed by atoms with Gasteiger partial charge in [-0.1, -0.05) is 107 Å². The maximum Gasteiger partial charge on any atom is 0.488 e. The smallest absolute Gasteiger partial charge is 0.471 e. The maximum absolute atomic E-state index is 12.8. The zero-order chi connectivity index (χ0) is 92.9. The van der Waals surface area contributed by atoms with Gasteiger partial charge in [-0.15, -0.1) is 0 Å². The highest BCUT2D eigenvalue weighted by atomic mass is 79.9. The van der Waals surface area contributed by atoms with Crippen LogP contribution in [0.1, 0.15) is 259 Å². The molecule has 2 N–H and O–H groups in total. The Hall–Kier alpha value is -11.7. The van der Waals surface area contributed by atoms with Crippen molar-refractivity contribution in [1.82, 2.24) is 44.6 Å². The molecule has 26 nitrogen and oxygen atoms in total. The summed E-state index contributed by atoms with van der Waals surface area (Å²) in [5, 5.41) is 17.9. The summed E-state index contributed by atoms with van der Waals surface area (Å²) in [4.78, 5) is 123. The third-order valence-corrected chi connectivity index (χ3v) is 27.7. The van der Waals surface area contributed by atoms with Crippen LogP contribution < -0.4 is 19.7 Å². The molecule has 6 aromatic carbocycles. The third kappa shape index (κ3) is 22.5. The number of halogens is 1. The second kappa shape index (κ2) is 37.6. The second-order valence-corrected chi connectivity index (χ2v) is 42.0. The van der Waals surface area contributed by atoms with Gasteiger partial charge in [0.05, 0.1) is 93.6 Å². The SMILES string of the molecule is CC(C)(C)OC(=O)N1CCC2(CC2)[C@@H](Oc2cncc(C3=NCc4ccc(-c5cccc(C(=O)CC6CC6)c5)cc43)n2)C1.CC(C)(C)OC(=O)N1CCC2(CC2)[C@@H](Oc2cncc(C3=NCc4ccc(-c5cccc(C(=O)CC6CC6)c5)cc43)n2)C1.CC(C)(C)OC(=O)N1CCC2(CC2)[C@@H](Oc2cncc(C3=NCc4ccc(Br)cc43)n2)C1.O=C(CC1CC1)c1cccc(B(O)O)c1. The van der Waals surface area contributed by atoms with Crippen molar-refractivity contribution in [3.05, 3.63) is 236 Å². The number of ether oxygens (including phenoxy) is 6. The molecule has 6 aliphatic heterocycles. The quantitative estimate of drug-likeness (QED) is 0.0383. The molecule has 0 radical (unpaired) electrons. The minimum atomic E-state index is -1.50. The summed E-state index contributed by atoms with van der Waals surface area (Å²) >= 11 is 3.54. The van der Waals surface area contributed by atoms with Gasteiger partial charge in [0.25, 0.3) is 0 Å². The summed E-state index contributed by atoms with van der Waals surface area (Å²) < 4.78 is 37.2. The number of benzene rings is 6. The van der Waals surface area contributed by atoms with E-state index < -0.39 is 23.9 Å². The Kier molecular flexibility index (Phi) is 25.9. The monoisotopic (exact) mass is 1860 g/mol. The topological polar surface area (TPSA) is 322 Å². The lowest BCUT2D eigenvalue weighted by atomic mass is 9.79. The van der Waals surface area contributed by atoms with Crippen LogP contribution >= 0.6 is 15.9 Å². The molecule has 9 aromatic rings. The number of hydrogen-bond acceptors (Lipinski definition) is 23. The van der Waals surface area contributed by atoms with E-state index in [4.69, 9.17) is 63.4 Å². The van der Waals surface area contributed by atoms with E-state index in [1.165, 1.54) is 31.2 Å². The number of fused-ring (bicyclic) bond motifs is 3. The lowest BCUT2D eigenvalue weighted by molar-refractivity contribution is -0.0125.